The van der Waals surface area contributed by atoms with Gasteiger partial charge in [-0.15, -0.1) is 6.42 Å². The van der Waals surface area contributed by atoms with Crippen LogP contribution in [0, 0.1) is 18.2 Å². The highest BCUT2D eigenvalue weighted by Gasteiger charge is 2.16. The normalized spacial score (nSPS) is 11.1. The first-order valence-corrected chi connectivity index (χ1v) is 3.25. The van der Waals surface area contributed by atoms with Crippen molar-refractivity contribution in [2.75, 3.05) is 0 Å². The molecule has 0 aliphatic carbocycles. The van der Waals surface area contributed by atoms with Gasteiger partial charge in [-0.05, 0) is 13.8 Å². The molecule has 1 aromatic heterocycles. The van der Waals surface area contributed by atoms with Crippen molar-refractivity contribution in [1.82, 2.24) is 9.78 Å². The second-order valence-corrected chi connectivity index (χ2v) is 2.81. The Labute approximate surface area is 65.0 Å². The van der Waals surface area contributed by atoms with Crippen LogP contribution in [0.3, 0.4) is 0 Å². The van der Waals surface area contributed by atoms with Crippen LogP contribution < -0.4 is 0 Å². The van der Waals surface area contributed by atoms with E-state index in [1.165, 1.54) is 10.9 Å². The van der Waals surface area contributed by atoms with Crippen LogP contribution in [0.4, 0.5) is 4.39 Å². The maximum absolute atomic E-state index is 12.4. The fourth-order valence-corrected chi connectivity index (χ4v) is 0.673. The van der Waals surface area contributed by atoms with Gasteiger partial charge in [-0.2, -0.15) is 5.10 Å². The molecule has 0 aliphatic rings. The van der Waals surface area contributed by atoms with E-state index in [2.05, 4.69) is 11.0 Å². The molecule has 58 valence electrons. The van der Waals surface area contributed by atoms with Gasteiger partial charge in [0, 0.05) is 0 Å². The lowest BCUT2D eigenvalue weighted by Crippen LogP contribution is -2.24. The van der Waals surface area contributed by atoms with Crippen molar-refractivity contribution >= 4 is 0 Å². The predicted molar refractivity (Wildman–Crippen MR) is 40.3 cm³/mol. The highest BCUT2D eigenvalue weighted by molar-refractivity contribution is 5.06. The van der Waals surface area contributed by atoms with Gasteiger partial charge in [0.2, 0.25) is 0 Å². The number of nitrogens with zero attached hydrogens (tertiary/aromatic N) is 2. The van der Waals surface area contributed by atoms with Gasteiger partial charge in [0.15, 0.2) is 5.82 Å². The van der Waals surface area contributed by atoms with Crippen LogP contribution in [0.2, 0.25) is 0 Å². The molecule has 11 heavy (non-hydrogen) atoms. The van der Waals surface area contributed by atoms with E-state index in [4.69, 9.17) is 6.42 Å². The monoisotopic (exact) mass is 152 g/mol. The van der Waals surface area contributed by atoms with Crippen molar-refractivity contribution in [3.63, 3.8) is 0 Å². The predicted octanol–water partition coefficient (Wildman–Crippen LogP) is 1.39. The Morgan fingerprint density at radius 1 is 1.73 bits per heavy atom. The second-order valence-electron chi connectivity index (χ2n) is 2.81. The van der Waals surface area contributed by atoms with Gasteiger partial charge in [-0.1, -0.05) is 5.92 Å². The molecule has 0 saturated carbocycles. The average Bonchev–Trinajstić information content (AvgIpc) is 2.36. The van der Waals surface area contributed by atoms with Gasteiger partial charge in [0.25, 0.3) is 0 Å². The lowest BCUT2D eigenvalue weighted by atomic mass is 10.1. The molecule has 0 aromatic carbocycles. The van der Waals surface area contributed by atoms with Crippen molar-refractivity contribution in [1.29, 1.82) is 0 Å². The zero-order chi connectivity index (χ0) is 8.48. The van der Waals surface area contributed by atoms with Crippen molar-refractivity contribution in [2.45, 2.75) is 19.4 Å². The molecule has 0 atom stereocenters. The summed E-state index contributed by atoms with van der Waals surface area (Å²) in [5, 5.41) is 3.76. The van der Waals surface area contributed by atoms with E-state index in [0.717, 1.165) is 6.20 Å². The third-order valence-corrected chi connectivity index (χ3v) is 1.48. The van der Waals surface area contributed by atoms with Crippen LogP contribution in [0.5, 0.6) is 0 Å². The summed E-state index contributed by atoms with van der Waals surface area (Å²) in [6.45, 7) is 3.58. The largest absolute Gasteiger partial charge is 0.252 e. The summed E-state index contributed by atoms with van der Waals surface area (Å²) in [7, 11) is 0. The number of halogens is 1. The first-order valence-electron chi connectivity index (χ1n) is 3.25. The minimum atomic E-state index is -0.551. The van der Waals surface area contributed by atoms with Crippen LogP contribution >= 0.6 is 0 Å². The van der Waals surface area contributed by atoms with Gasteiger partial charge in [0.05, 0.1) is 12.4 Å². The zero-order valence-corrected chi connectivity index (χ0v) is 6.50. The number of hydrogen-bond donors (Lipinski definition) is 0. The highest BCUT2D eigenvalue weighted by atomic mass is 19.1. The van der Waals surface area contributed by atoms with Crippen molar-refractivity contribution in [3.05, 3.63) is 18.2 Å². The molecule has 0 saturated heterocycles. The van der Waals surface area contributed by atoms with Crippen LogP contribution in [0.1, 0.15) is 13.8 Å². The van der Waals surface area contributed by atoms with Crippen LogP contribution in [-0.2, 0) is 5.54 Å². The molecule has 0 amide bonds. The van der Waals surface area contributed by atoms with Gasteiger partial charge < -0.3 is 0 Å². The molecular formula is C8H9FN2. The zero-order valence-electron chi connectivity index (χ0n) is 6.50. The Hall–Kier alpha value is -1.30. The minimum absolute atomic E-state index is 0.367. The third-order valence-electron chi connectivity index (χ3n) is 1.48. The topological polar surface area (TPSA) is 17.8 Å². The van der Waals surface area contributed by atoms with Crippen LogP contribution in [-0.4, -0.2) is 9.78 Å². The third kappa shape index (κ3) is 1.40. The molecule has 0 N–H and O–H groups in total. The molecule has 1 heterocycles. The average molecular weight is 152 g/mol. The SMILES string of the molecule is C#CC(C)(C)n1cc(F)cn1. The molecule has 0 radical (unpaired) electrons. The lowest BCUT2D eigenvalue weighted by molar-refractivity contribution is 0.421. The minimum Gasteiger partial charge on any atom is -0.252 e. The second kappa shape index (κ2) is 2.39. The Kier molecular flexibility index (Phi) is 1.69. The fourth-order valence-electron chi connectivity index (χ4n) is 0.673. The summed E-state index contributed by atoms with van der Waals surface area (Å²) in [5.41, 5.74) is -0.551. The number of hydrogen-bond acceptors (Lipinski definition) is 1. The van der Waals surface area contributed by atoms with E-state index in [9.17, 15) is 4.39 Å². The van der Waals surface area contributed by atoms with Crippen molar-refractivity contribution in [2.24, 2.45) is 0 Å². The van der Waals surface area contributed by atoms with Gasteiger partial charge in [0.1, 0.15) is 5.54 Å². The van der Waals surface area contributed by atoms with E-state index in [-0.39, 0.29) is 5.82 Å². The van der Waals surface area contributed by atoms with Crippen molar-refractivity contribution < 1.29 is 4.39 Å². The van der Waals surface area contributed by atoms with E-state index in [1.807, 2.05) is 0 Å². The van der Waals surface area contributed by atoms with Crippen LogP contribution in [0.25, 0.3) is 0 Å². The smallest absolute Gasteiger partial charge is 0.161 e. The van der Waals surface area contributed by atoms with E-state index in [1.54, 1.807) is 13.8 Å². The van der Waals surface area contributed by atoms with E-state index < -0.39 is 5.54 Å². The Balaban J connectivity index is 3.04. The molecule has 0 fully saturated rings. The quantitative estimate of drug-likeness (QED) is 0.556. The Morgan fingerprint density at radius 2 is 2.36 bits per heavy atom. The maximum Gasteiger partial charge on any atom is 0.161 e. The van der Waals surface area contributed by atoms with Gasteiger partial charge in [-0.25, -0.2) is 4.39 Å². The Morgan fingerprint density at radius 3 is 2.73 bits per heavy atom. The van der Waals surface area contributed by atoms with E-state index >= 15 is 0 Å². The molecule has 3 heteroatoms. The number of aromatic nitrogens is 2. The fraction of sp³-hybridized carbons (Fsp3) is 0.375. The molecule has 2 nitrogen and oxygen atoms in total. The summed E-state index contributed by atoms with van der Waals surface area (Å²) in [6, 6.07) is 0. The molecule has 0 bridgehead atoms. The summed E-state index contributed by atoms with van der Waals surface area (Å²) in [5.74, 6) is 2.14. The van der Waals surface area contributed by atoms with E-state index in [0.29, 0.717) is 0 Å². The maximum atomic E-state index is 12.4. The Bertz CT molecular complexity index is 293. The first-order chi connectivity index (χ1) is 5.06. The van der Waals surface area contributed by atoms with Crippen LogP contribution in [0.15, 0.2) is 12.4 Å². The number of terminal acetylenes is 1. The standard InChI is InChI=1S/C8H9FN2/c1-4-8(2,3)11-6-7(9)5-10-11/h1,5-6H,2-3H3. The highest BCUT2D eigenvalue weighted by Crippen LogP contribution is 2.11. The summed E-state index contributed by atoms with van der Waals surface area (Å²) in [4.78, 5) is 0. The summed E-state index contributed by atoms with van der Waals surface area (Å²) in [6.07, 6.45) is 7.63. The molecule has 0 aliphatic heterocycles. The molecule has 0 spiro atoms. The number of rotatable bonds is 1. The lowest BCUT2D eigenvalue weighted by Gasteiger charge is -2.17. The molecule has 1 rings (SSSR count). The molecule has 0 unspecified atom stereocenters. The van der Waals surface area contributed by atoms with Gasteiger partial charge in [-0.3, -0.25) is 4.68 Å². The first kappa shape index (κ1) is 7.80. The summed E-state index contributed by atoms with van der Waals surface area (Å²) >= 11 is 0. The molecular weight excluding hydrogens is 143 g/mol. The van der Waals surface area contributed by atoms with Gasteiger partial charge >= 0.3 is 0 Å². The molecule has 1 aromatic rings. The summed E-state index contributed by atoms with van der Waals surface area (Å²) < 4.78 is 13.9. The van der Waals surface area contributed by atoms with Crippen molar-refractivity contribution in [3.8, 4) is 12.3 Å².